The van der Waals surface area contributed by atoms with Crippen LogP contribution in [0, 0.1) is 0 Å². The first-order valence-electron chi connectivity index (χ1n) is 7.95. The Morgan fingerprint density at radius 2 is 1.92 bits per heavy atom. The van der Waals surface area contributed by atoms with Crippen LogP contribution >= 0.6 is 22.9 Å². The highest BCUT2D eigenvalue weighted by atomic mass is 35.5. The van der Waals surface area contributed by atoms with Gasteiger partial charge < -0.3 is 10.2 Å². The highest BCUT2D eigenvalue weighted by molar-refractivity contribution is 7.14. The predicted octanol–water partition coefficient (Wildman–Crippen LogP) is 3.99. The largest absolute Gasteiger partial charge is 0.332 e. The van der Waals surface area contributed by atoms with Crippen LogP contribution < -0.4 is 5.32 Å². The van der Waals surface area contributed by atoms with E-state index >= 15 is 0 Å². The van der Waals surface area contributed by atoms with Crippen molar-refractivity contribution in [2.45, 2.75) is 25.7 Å². The van der Waals surface area contributed by atoms with Gasteiger partial charge in [-0.25, -0.2) is 0 Å². The molecule has 0 saturated carbocycles. The average Bonchev–Trinajstić information content (AvgIpc) is 3.00. The van der Waals surface area contributed by atoms with E-state index in [4.69, 9.17) is 11.6 Å². The summed E-state index contributed by atoms with van der Waals surface area (Å²) in [6.07, 6.45) is 4.51. The van der Waals surface area contributed by atoms with E-state index in [1.165, 1.54) is 28.2 Å². The molecular weight excluding hydrogens is 344 g/mol. The van der Waals surface area contributed by atoms with E-state index in [-0.39, 0.29) is 18.4 Å². The van der Waals surface area contributed by atoms with Crippen LogP contribution in [-0.4, -0.2) is 30.3 Å². The van der Waals surface area contributed by atoms with Crippen LogP contribution in [0.4, 0.5) is 5.69 Å². The Morgan fingerprint density at radius 3 is 2.62 bits per heavy atom. The molecule has 4 nitrogen and oxygen atoms in total. The number of thiophene rings is 1. The van der Waals surface area contributed by atoms with Crippen LogP contribution in [0.15, 0.2) is 30.3 Å². The summed E-state index contributed by atoms with van der Waals surface area (Å²) in [5.74, 6) is -0.324. The number of halogens is 1. The van der Waals surface area contributed by atoms with E-state index < -0.39 is 0 Å². The highest BCUT2D eigenvalue weighted by Gasteiger charge is 2.21. The zero-order chi connectivity index (χ0) is 17.1. The summed E-state index contributed by atoms with van der Waals surface area (Å²) in [6, 6.07) is 8.88. The van der Waals surface area contributed by atoms with Gasteiger partial charge in [-0.3, -0.25) is 9.59 Å². The average molecular weight is 363 g/mol. The lowest BCUT2D eigenvalue weighted by Gasteiger charge is -2.16. The summed E-state index contributed by atoms with van der Waals surface area (Å²) in [5, 5.41) is 3.38. The van der Waals surface area contributed by atoms with Crippen LogP contribution in [0.1, 0.15) is 33.0 Å². The number of carbonyl (C=O) groups excluding carboxylic acids is 2. The maximum atomic E-state index is 12.5. The molecule has 0 radical (unpaired) electrons. The Hall–Kier alpha value is -1.85. The molecule has 0 fully saturated rings. The van der Waals surface area contributed by atoms with Crippen molar-refractivity contribution in [3.05, 3.63) is 50.7 Å². The number of hydrogen-bond acceptors (Lipinski definition) is 3. The minimum absolute atomic E-state index is 0.0179. The zero-order valence-electron chi connectivity index (χ0n) is 13.5. The van der Waals surface area contributed by atoms with Crippen molar-refractivity contribution in [2.24, 2.45) is 0 Å². The second-order valence-corrected chi connectivity index (χ2v) is 7.56. The molecule has 1 heterocycles. The number of nitrogens with zero attached hydrogens (tertiary/aromatic N) is 1. The van der Waals surface area contributed by atoms with Crippen molar-refractivity contribution < 1.29 is 9.59 Å². The van der Waals surface area contributed by atoms with Gasteiger partial charge in [0, 0.05) is 22.6 Å². The second kappa shape index (κ2) is 7.36. The van der Waals surface area contributed by atoms with Crippen molar-refractivity contribution in [3.8, 4) is 0 Å². The van der Waals surface area contributed by atoms with E-state index in [0.29, 0.717) is 10.7 Å². The molecule has 0 unspecified atom stereocenters. The molecule has 2 amide bonds. The van der Waals surface area contributed by atoms with E-state index in [2.05, 4.69) is 5.32 Å². The number of likely N-dealkylation sites (N-methyl/N-ethyl adjacent to an activating group) is 1. The van der Waals surface area contributed by atoms with Gasteiger partial charge in [0.1, 0.15) is 0 Å². The summed E-state index contributed by atoms with van der Waals surface area (Å²) < 4.78 is 0. The van der Waals surface area contributed by atoms with Gasteiger partial charge in [0.25, 0.3) is 5.91 Å². The fraction of sp³-hybridized carbons (Fsp3) is 0.333. The summed E-state index contributed by atoms with van der Waals surface area (Å²) in [7, 11) is 1.66. The van der Waals surface area contributed by atoms with Crippen molar-refractivity contribution in [3.63, 3.8) is 0 Å². The lowest BCUT2D eigenvalue weighted by atomic mass is 9.99. The third kappa shape index (κ3) is 3.97. The molecule has 1 aliphatic rings. The number of aryl methyl sites for hydroxylation is 2. The fourth-order valence-electron chi connectivity index (χ4n) is 2.81. The number of hydrogen-bond donors (Lipinski definition) is 1. The van der Waals surface area contributed by atoms with Crippen LogP contribution in [0.2, 0.25) is 5.02 Å². The summed E-state index contributed by atoms with van der Waals surface area (Å²) >= 11 is 7.39. The molecule has 2 aromatic rings. The minimum Gasteiger partial charge on any atom is -0.332 e. The topological polar surface area (TPSA) is 49.4 Å². The summed E-state index contributed by atoms with van der Waals surface area (Å²) in [4.78, 5) is 28.1. The van der Waals surface area contributed by atoms with Gasteiger partial charge in [-0.15, -0.1) is 11.3 Å². The Labute approximate surface area is 150 Å². The number of fused-ring (bicyclic) bond motifs is 1. The molecule has 1 aromatic carbocycles. The maximum Gasteiger partial charge on any atom is 0.264 e. The van der Waals surface area contributed by atoms with Gasteiger partial charge in [-0.1, -0.05) is 11.6 Å². The summed E-state index contributed by atoms with van der Waals surface area (Å²) in [5.41, 5.74) is 1.96. The van der Waals surface area contributed by atoms with Crippen LogP contribution in [0.25, 0.3) is 0 Å². The first-order valence-corrected chi connectivity index (χ1v) is 9.15. The SMILES string of the molecule is CN(CC(=O)Nc1ccc(Cl)cc1)C(=O)c1cc2c(s1)CCCC2. The van der Waals surface area contributed by atoms with Crippen molar-refractivity contribution in [2.75, 3.05) is 18.9 Å². The molecule has 0 spiro atoms. The number of benzene rings is 1. The van der Waals surface area contributed by atoms with Crippen molar-refractivity contribution in [1.29, 1.82) is 0 Å². The summed E-state index contributed by atoms with van der Waals surface area (Å²) in [6.45, 7) is 0.0179. The number of anilines is 1. The Bertz CT molecular complexity index is 731. The van der Waals surface area contributed by atoms with E-state index in [0.717, 1.165) is 17.7 Å². The highest BCUT2D eigenvalue weighted by Crippen LogP contribution is 2.30. The zero-order valence-corrected chi connectivity index (χ0v) is 15.0. The maximum absolute atomic E-state index is 12.5. The van der Waals surface area contributed by atoms with Gasteiger partial charge >= 0.3 is 0 Å². The smallest absolute Gasteiger partial charge is 0.264 e. The molecule has 0 aliphatic heterocycles. The van der Waals surface area contributed by atoms with Crippen LogP contribution in [0.3, 0.4) is 0 Å². The Kier molecular flexibility index (Phi) is 5.21. The third-order valence-corrected chi connectivity index (χ3v) is 5.54. The minimum atomic E-state index is -0.227. The van der Waals surface area contributed by atoms with E-state index in [1.54, 1.807) is 42.6 Å². The number of rotatable bonds is 4. The molecule has 1 aromatic heterocycles. The van der Waals surface area contributed by atoms with Gasteiger partial charge in [0.05, 0.1) is 11.4 Å². The van der Waals surface area contributed by atoms with E-state index in [9.17, 15) is 9.59 Å². The lowest BCUT2D eigenvalue weighted by Crippen LogP contribution is -2.34. The van der Waals surface area contributed by atoms with Crippen molar-refractivity contribution >= 4 is 40.4 Å². The molecular formula is C18H19ClN2O2S. The number of carbonyl (C=O) groups is 2. The van der Waals surface area contributed by atoms with Gasteiger partial charge in [0.2, 0.25) is 5.91 Å². The molecule has 3 rings (SSSR count). The Balaban J connectivity index is 1.60. The quantitative estimate of drug-likeness (QED) is 0.893. The predicted molar refractivity (Wildman–Crippen MR) is 98.0 cm³/mol. The molecule has 1 aliphatic carbocycles. The monoisotopic (exact) mass is 362 g/mol. The fourth-order valence-corrected chi connectivity index (χ4v) is 4.18. The first kappa shape index (κ1) is 17.0. The standard InChI is InChI=1S/C18H19ClN2O2S/c1-21(11-17(22)20-14-8-6-13(19)7-9-14)18(23)16-10-12-4-2-3-5-15(12)24-16/h6-10H,2-5,11H2,1H3,(H,20,22). The lowest BCUT2D eigenvalue weighted by molar-refractivity contribution is -0.116. The van der Waals surface area contributed by atoms with Crippen molar-refractivity contribution in [1.82, 2.24) is 4.90 Å². The molecule has 0 bridgehead atoms. The molecule has 126 valence electrons. The molecule has 1 N–H and O–H groups in total. The molecule has 0 atom stereocenters. The molecule has 6 heteroatoms. The van der Waals surface area contributed by atoms with E-state index in [1.807, 2.05) is 6.07 Å². The van der Waals surface area contributed by atoms with Gasteiger partial charge in [-0.2, -0.15) is 0 Å². The molecule has 24 heavy (non-hydrogen) atoms. The van der Waals surface area contributed by atoms with Gasteiger partial charge in [-0.05, 0) is 61.6 Å². The second-order valence-electron chi connectivity index (χ2n) is 5.98. The normalized spacial score (nSPS) is 13.2. The Morgan fingerprint density at radius 1 is 1.21 bits per heavy atom. The number of nitrogens with one attached hydrogen (secondary N) is 1. The molecule has 0 saturated heterocycles. The van der Waals surface area contributed by atoms with Crippen LogP contribution in [-0.2, 0) is 17.6 Å². The number of amides is 2. The first-order chi connectivity index (χ1) is 11.5. The van der Waals surface area contributed by atoms with Gasteiger partial charge in [0.15, 0.2) is 0 Å². The third-order valence-electron chi connectivity index (χ3n) is 4.06. The van der Waals surface area contributed by atoms with Crippen LogP contribution in [0.5, 0.6) is 0 Å².